The van der Waals surface area contributed by atoms with Crippen LogP contribution >= 0.6 is 7.82 Å². The molecule has 0 atom stereocenters. The summed E-state index contributed by atoms with van der Waals surface area (Å²) >= 11 is 0. The molecule has 0 amide bonds. The molecule has 0 bridgehead atoms. The largest absolute Gasteiger partial charge is 0.466 e. The van der Waals surface area contributed by atoms with Crippen LogP contribution in [0, 0.1) is 0 Å². The third-order valence-corrected chi connectivity index (χ3v) is 3.26. The van der Waals surface area contributed by atoms with Crippen molar-refractivity contribution >= 4 is 19.7 Å². The highest BCUT2D eigenvalue weighted by Crippen LogP contribution is 2.25. The molecule has 0 aromatic heterocycles. The van der Waals surface area contributed by atoms with Gasteiger partial charge in [-0.3, -0.25) is 5.01 Å². The SMILES string of the molecule is CN1CCN(N=Cc2ccc(N(C)C)cc2)CC1.O=P(O)(O)O. The van der Waals surface area contributed by atoms with E-state index < -0.39 is 7.82 Å². The van der Waals surface area contributed by atoms with Crippen molar-refractivity contribution in [3.63, 3.8) is 0 Å². The Kier molecular flexibility index (Phi) is 7.67. The van der Waals surface area contributed by atoms with E-state index in [0.29, 0.717) is 0 Å². The highest BCUT2D eigenvalue weighted by molar-refractivity contribution is 7.45. The minimum absolute atomic E-state index is 1.02. The smallest absolute Gasteiger partial charge is 0.378 e. The maximum atomic E-state index is 8.88. The third kappa shape index (κ3) is 9.32. The molecule has 3 N–H and O–H groups in total. The molecular weight excluding hydrogens is 319 g/mol. The number of nitrogens with zero attached hydrogens (tertiary/aromatic N) is 4. The number of likely N-dealkylation sites (N-methyl/N-ethyl adjacent to an activating group) is 1. The molecule has 0 unspecified atom stereocenters. The van der Waals surface area contributed by atoms with Gasteiger partial charge in [0, 0.05) is 46.0 Å². The van der Waals surface area contributed by atoms with Gasteiger partial charge in [0.2, 0.25) is 0 Å². The summed E-state index contributed by atoms with van der Waals surface area (Å²) in [5, 5.41) is 6.67. The zero-order valence-electron chi connectivity index (χ0n) is 13.7. The average molecular weight is 344 g/mol. The summed E-state index contributed by atoms with van der Waals surface area (Å²) in [6, 6.07) is 8.44. The molecule has 130 valence electrons. The summed E-state index contributed by atoms with van der Waals surface area (Å²) in [5.74, 6) is 0. The number of piperazine rings is 1. The second-order valence-electron chi connectivity index (χ2n) is 5.50. The zero-order valence-corrected chi connectivity index (χ0v) is 14.6. The summed E-state index contributed by atoms with van der Waals surface area (Å²) in [5.41, 5.74) is 2.37. The summed E-state index contributed by atoms with van der Waals surface area (Å²) in [6.07, 6.45) is 1.95. The fraction of sp³-hybridized carbons (Fsp3) is 0.500. The van der Waals surface area contributed by atoms with Crippen LogP contribution in [0.15, 0.2) is 29.4 Å². The van der Waals surface area contributed by atoms with Crippen molar-refractivity contribution in [2.24, 2.45) is 5.10 Å². The van der Waals surface area contributed by atoms with E-state index in [4.69, 9.17) is 19.2 Å². The summed E-state index contributed by atoms with van der Waals surface area (Å²) < 4.78 is 8.88. The van der Waals surface area contributed by atoms with Crippen molar-refractivity contribution in [2.75, 3.05) is 52.2 Å². The lowest BCUT2D eigenvalue weighted by atomic mass is 10.2. The molecule has 0 saturated carbocycles. The molecule has 1 aromatic rings. The van der Waals surface area contributed by atoms with Gasteiger partial charge in [-0.2, -0.15) is 5.10 Å². The molecule has 0 aliphatic carbocycles. The van der Waals surface area contributed by atoms with Crippen molar-refractivity contribution in [1.82, 2.24) is 9.91 Å². The molecule has 9 heteroatoms. The summed E-state index contributed by atoms with van der Waals surface area (Å²) in [7, 11) is 1.61. The van der Waals surface area contributed by atoms with Crippen molar-refractivity contribution in [1.29, 1.82) is 0 Å². The van der Waals surface area contributed by atoms with Crippen LogP contribution in [0.1, 0.15) is 5.56 Å². The first-order chi connectivity index (χ1) is 10.6. The Morgan fingerprint density at radius 2 is 1.57 bits per heavy atom. The van der Waals surface area contributed by atoms with Gasteiger partial charge < -0.3 is 24.5 Å². The van der Waals surface area contributed by atoms with E-state index in [2.05, 4.69) is 51.2 Å². The number of hydrogen-bond donors (Lipinski definition) is 3. The third-order valence-electron chi connectivity index (χ3n) is 3.26. The maximum Gasteiger partial charge on any atom is 0.466 e. The van der Waals surface area contributed by atoms with Gasteiger partial charge in [0.1, 0.15) is 0 Å². The van der Waals surface area contributed by atoms with Crippen LogP contribution in [0.3, 0.4) is 0 Å². The first-order valence-corrected chi connectivity index (χ1v) is 8.75. The monoisotopic (exact) mass is 344 g/mol. The fourth-order valence-corrected chi connectivity index (χ4v) is 1.92. The van der Waals surface area contributed by atoms with Gasteiger partial charge in [0.25, 0.3) is 0 Å². The van der Waals surface area contributed by atoms with Crippen LogP contribution in [-0.4, -0.2) is 78.1 Å². The number of benzene rings is 1. The molecule has 23 heavy (non-hydrogen) atoms. The predicted molar refractivity (Wildman–Crippen MR) is 91.7 cm³/mol. The molecule has 1 aliphatic rings. The maximum absolute atomic E-state index is 8.88. The van der Waals surface area contributed by atoms with Crippen LogP contribution in [-0.2, 0) is 4.57 Å². The van der Waals surface area contributed by atoms with Gasteiger partial charge in [-0.25, -0.2) is 4.57 Å². The quantitative estimate of drug-likeness (QED) is 0.539. The number of hydrogen-bond acceptors (Lipinski definition) is 5. The first kappa shape index (κ1) is 19.6. The van der Waals surface area contributed by atoms with Crippen molar-refractivity contribution < 1.29 is 19.2 Å². The average Bonchev–Trinajstić information content (AvgIpc) is 2.45. The second kappa shape index (κ2) is 9.00. The van der Waals surface area contributed by atoms with E-state index in [1.165, 1.54) is 5.69 Å². The molecular formula is C14H25N4O4P. The van der Waals surface area contributed by atoms with Crippen LogP contribution in [0.25, 0.3) is 0 Å². The second-order valence-corrected chi connectivity index (χ2v) is 6.53. The number of anilines is 1. The highest BCUT2D eigenvalue weighted by Gasteiger charge is 2.10. The lowest BCUT2D eigenvalue weighted by Crippen LogP contribution is -2.41. The Hall–Kier alpha value is -1.44. The van der Waals surface area contributed by atoms with E-state index >= 15 is 0 Å². The zero-order chi connectivity index (χ0) is 17.5. The van der Waals surface area contributed by atoms with Gasteiger partial charge in [-0.1, -0.05) is 12.1 Å². The summed E-state index contributed by atoms with van der Waals surface area (Å²) in [4.78, 5) is 26.0. The topological polar surface area (TPSA) is 99.8 Å². The number of phosphoric acid groups is 1. The Balaban J connectivity index is 0.000000463. The van der Waals surface area contributed by atoms with Gasteiger partial charge in [0.15, 0.2) is 0 Å². The van der Waals surface area contributed by atoms with Crippen molar-refractivity contribution in [3.05, 3.63) is 29.8 Å². The normalized spacial score (nSPS) is 16.2. The van der Waals surface area contributed by atoms with Gasteiger partial charge in [-0.15, -0.1) is 0 Å². The van der Waals surface area contributed by atoms with Crippen LogP contribution < -0.4 is 4.90 Å². The number of rotatable bonds is 3. The summed E-state index contributed by atoms with van der Waals surface area (Å²) in [6.45, 7) is 4.22. The molecule has 1 aliphatic heterocycles. The minimum Gasteiger partial charge on any atom is -0.378 e. The Bertz CT molecular complexity index is 528. The Morgan fingerprint density at radius 1 is 1.09 bits per heavy atom. The van der Waals surface area contributed by atoms with Crippen LogP contribution in [0.2, 0.25) is 0 Å². The molecule has 1 saturated heterocycles. The lowest BCUT2D eigenvalue weighted by Gasteiger charge is -2.30. The van der Waals surface area contributed by atoms with Gasteiger partial charge in [-0.05, 0) is 24.7 Å². The molecule has 1 heterocycles. The number of hydrazone groups is 1. The molecule has 1 fully saturated rings. The Morgan fingerprint density at radius 3 is 2.00 bits per heavy atom. The van der Waals surface area contributed by atoms with E-state index in [0.717, 1.165) is 31.7 Å². The molecule has 1 aromatic carbocycles. The standard InChI is InChI=1S/C14H22N4.H3O4P/c1-16(2)14-6-4-13(5-7-14)12-15-18-10-8-17(3)9-11-18;1-5(2,3)4/h4-7,12H,8-11H2,1-3H3;(H3,1,2,3,4). The minimum atomic E-state index is -4.64. The van der Waals surface area contributed by atoms with Crippen molar-refractivity contribution in [3.8, 4) is 0 Å². The van der Waals surface area contributed by atoms with E-state index in [-0.39, 0.29) is 0 Å². The molecule has 0 spiro atoms. The predicted octanol–water partition coefficient (Wildman–Crippen LogP) is 0.405. The molecule has 8 nitrogen and oxygen atoms in total. The van der Waals surface area contributed by atoms with E-state index in [1.807, 2.05) is 20.3 Å². The molecule has 0 radical (unpaired) electrons. The van der Waals surface area contributed by atoms with E-state index in [9.17, 15) is 0 Å². The Labute approximate surface area is 136 Å². The molecule has 2 rings (SSSR count). The van der Waals surface area contributed by atoms with Crippen LogP contribution in [0.4, 0.5) is 5.69 Å². The van der Waals surface area contributed by atoms with Gasteiger partial charge >= 0.3 is 7.82 Å². The van der Waals surface area contributed by atoms with E-state index in [1.54, 1.807) is 0 Å². The highest BCUT2D eigenvalue weighted by atomic mass is 31.2. The fourth-order valence-electron chi connectivity index (χ4n) is 1.92. The van der Waals surface area contributed by atoms with Crippen molar-refractivity contribution in [2.45, 2.75) is 0 Å². The first-order valence-electron chi connectivity index (χ1n) is 7.18. The van der Waals surface area contributed by atoms with Gasteiger partial charge in [0.05, 0.1) is 6.21 Å². The van der Waals surface area contributed by atoms with Crippen LogP contribution in [0.5, 0.6) is 0 Å². The lowest BCUT2D eigenvalue weighted by molar-refractivity contribution is 0.159.